The summed E-state index contributed by atoms with van der Waals surface area (Å²) < 4.78 is 10.9. The lowest BCUT2D eigenvalue weighted by Crippen LogP contribution is -1.99. The second-order valence-electron chi connectivity index (χ2n) is 3.73. The Morgan fingerprint density at radius 3 is 2.33 bits per heavy atom. The molecule has 0 aliphatic carbocycles. The molecule has 0 amide bonds. The monoisotopic (exact) mass is 263 g/mol. The summed E-state index contributed by atoms with van der Waals surface area (Å²) in [5.74, 6) is 2.14. The van der Waals surface area contributed by atoms with Gasteiger partial charge in [-0.3, -0.25) is 0 Å². The third-order valence-electron chi connectivity index (χ3n) is 2.54. The number of methoxy groups -OCH3 is 1. The molecule has 18 heavy (non-hydrogen) atoms. The zero-order valence-electron chi connectivity index (χ0n) is 10.0. The Labute approximate surface area is 111 Å². The van der Waals surface area contributed by atoms with E-state index in [1.54, 1.807) is 19.2 Å². The molecule has 0 spiro atoms. The summed E-state index contributed by atoms with van der Waals surface area (Å²) in [4.78, 5) is 0. The first kappa shape index (κ1) is 12.7. The normalized spacial score (nSPS) is 10.2. The van der Waals surface area contributed by atoms with Crippen LogP contribution >= 0.6 is 11.6 Å². The van der Waals surface area contributed by atoms with Gasteiger partial charge in [-0.25, -0.2) is 0 Å². The van der Waals surface area contributed by atoms with Crippen molar-refractivity contribution < 1.29 is 9.47 Å². The largest absolute Gasteiger partial charge is 0.497 e. The SMILES string of the molecule is COc1ccc(CN)c(Oc2ccc(Cl)cc2)c1. The maximum atomic E-state index is 5.83. The van der Waals surface area contributed by atoms with Gasteiger partial charge in [0.1, 0.15) is 17.2 Å². The quantitative estimate of drug-likeness (QED) is 0.917. The molecular formula is C14H14ClNO2. The van der Waals surface area contributed by atoms with Crippen molar-refractivity contribution in [1.82, 2.24) is 0 Å². The van der Waals surface area contributed by atoms with Gasteiger partial charge in [-0.1, -0.05) is 17.7 Å². The van der Waals surface area contributed by atoms with Gasteiger partial charge in [0.25, 0.3) is 0 Å². The predicted molar refractivity (Wildman–Crippen MR) is 72.4 cm³/mol. The zero-order chi connectivity index (χ0) is 13.0. The van der Waals surface area contributed by atoms with Crippen molar-refractivity contribution in [3.8, 4) is 17.2 Å². The van der Waals surface area contributed by atoms with Crippen LogP contribution in [0.4, 0.5) is 0 Å². The highest BCUT2D eigenvalue weighted by atomic mass is 35.5. The average Bonchev–Trinajstić information content (AvgIpc) is 2.41. The Hall–Kier alpha value is -1.71. The average molecular weight is 264 g/mol. The maximum absolute atomic E-state index is 5.83. The van der Waals surface area contributed by atoms with Crippen molar-refractivity contribution >= 4 is 11.6 Å². The van der Waals surface area contributed by atoms with Gasteiger partial charge in [-0.15, -0.1) is 0 Å². The fraction of sp³-hybridized carbons (Fsp3) is 0.143. The van der Waals surface area contributed by atoms with Crippen LogP contribution < -0.4 is 15.2 Å². The van der Waals surface area contributed by atoms with Crippen LogP contribution in [0, 0.1) is 0 Å². The van der Waals surface area contributed by atoms with Crippen LogP contribution in [0.25, 0.3) is 0 Å². The molecule has 0 aliphatic rings. The molecule has 94 valence electrons. The Morgan fingerprint density at radius 2 is 1.72 bits per heavy atom. The molecule has 0 aliphatic heterocycles. The lowest BCUT2D eigenvalue weighted by Gasteiger charge is -2.11. The van der Waals surface area contributed by atoms with E-state index in [0.717, 1.165) is 11.3 Å². The van der Waals surface area contributed by atoms with Crippen molar-refractivity contribution in [3.05, 3.63) is 53.1 Å². The Morgan fingerprint density at radius 1 is 1.06 bits per heavy atom. The first-order chi connectivity index (χ1) is 8.72. The summed E-state index contributed by atoms with van der Waals surface area (Å²) in [7, 11) is 1.61. The van der Waals surface area contributed by atoms with Crippen LogP contribution in [0.15, 0.2) is 42.5 Å². The number of hydrogen-bond donors (Lipinski definition) is 1. The second-order valence-corrected chi connectivity index (χ2v) is 4.17. The van der Waals surface area contributed by atoms with Gasteiger partial charge in [0.2, 0.25) is 0 Å². The van der Waals surface area contributed by atoms with Crippen LogP contribution in [-0.4, -0.2) is 7.11 Å². The number of halogens is 1. The van der Waals surface area contributed by atoms with E-state index in [2.05, 4.69) is 0 Å². The topological polar surface area (TPSA) is 44.5 Å². The molecule has 0 saturated carbocycles. The molecule has 3 nitrogen and oxygen atoms in total. The molecule has 2 aromatic carbocycles. The second kappa shape index (κ2) is 5.76. The van der Waals surface area contributed by atoms with E-state index in [4.69, 9.17) is 26.8 Å². The number of ether oxygens (including phenoxy) is 2. The first-order valence-corrected chi connectivity index (χ1v) is 5.91. The molecule has 0 aromatic heterocycles. The molecule has 0 atom stereocenters. The van der Waals surface area contributed by atoms with E-state index < -0.39 is 0 Å². The van der Waals surface area contributed by atoms with E-state index >= 15 is 0 Å². The Bertz CT molecular complexity index is 526. The Balaban J connectivity index is 2.29. The molecule has 0 bridgehead atoms. The van der Waals surface area contributed by atoms with Crippen molar-refractivity contribution in [2.24, 2.45) is 5.73 Å². The molecule has 4 heteroatoms. The van der Waals surface area contributed by atoms with E-state index in [9.17, 15) is 0 Å². The minimum Gasteiger partial charge on any atom is -0.497 e. The fourth-order valence-corrected chi connectivity index (χ4v) is 1.68. The zero-order valence-corrected chi connectivity index (χ0v) is 10.8. The van der Waals surface area contributed by atoms with E-state index in [-0.39, 0.29) is 0 Å². The van der Waals surface area contributed by atoms with Gasteiger partial charge in [-0.05, 0) is 30.3 Å². The number of nitrogens with two attached hydrogens (primary N) is 1. The summed E-state index contributed by atoms with van der Waals surface area (Å²) in [6, 6.07) is 12.7. The highest BCUT2D eigenvalue weighted by Gasteiger charge is 2.06. The minimum atomic E-state index is 0.410. The molecule has 0 heterocycles. The summed E-state index contributed by atoms with van der Waals surface area (Å²) in [5.41, 5.74) is 6.60. The van der Waals surface area contributed by atoms with E-state index in [1.165, 1.54) is 0 Å². The van der Waals surface area contributed by atoms with Gasteiger partial charge in [0.05, 0.1) is 7.11 Å². The van der Waals surface area contributed by atoms with Crippen molar-refractivity contribution in [1.29, 1.82) is 0 Å². The predicted octanol–water partition coefficient (Wildman–Crippen LogP) is 3.60. The lowest BCUT2D eigenvalue weighted by atomic mass is 10.2. The molecular weight excluding hydrogens is 250 g/mol. The first-order valence-electron chi connectivity index (χ1n) is 5.53. The maximum Gasteiger partial charge on any atom is 0.135 e. The standard InChI is InChI=1S/C14H14ClNO2/c1-17-13-5-2-10(9-16)14(8-13)18-12-6-3-11(15)4-7-12/h2-8H,9,16H2,1H3. The molecule has 0 fully saturated rings. The summed E-state index contributed by atoms with van der Waals surface area (Å²) in [6.45, 7) is 0.410. The van der Waals surface area contributed by atoms with Gasteiger partial charge < -0.3 is 15.2 Å². The third-order valence-corrected chi connectivity index (χ3v) is 2.79. The van der Waals surface area contributed by atoms with Gasteiger partial charge >= 0.3 is 0 Å². The third kappa shape index (κ3) is 2.94. The van der Waals surface area contributed by atoms with E-state index in [1.807, 2.05) is 30.3 Å². The summed E-state index contributed by atoms with van der Waals surface area (Å²) >= 11 is 5.83. The van der Waals surface area contributed by atoms with Gasteiger partial charge in [-0.2, -0.15) is 0 Å². The number of benzene rings is 2. The fourth-order valence-electron chi connectivity index (χ4n) is 1.56. The van der Waals surface area contributed by atoms with Gasteiger partial charge in [0, 0.05) is 23.2 Å². The van der Waals surface area contributed by atoms with Crippen LogP contribution in [0.3, 0.4) is 0 Å². The van der Waals surface area contributed by atoms with Crippen molar-refractivity contribution in [2.75, 3.05) is 7.11 Å². The molecule has 0 saturated heterocycles. The minimum absolute atomic E-state index is 0.410. The van der Waals surface area contributed by atoms with Crippen LogP contribution in [0.2, 0.25) is 5.02 Å². The van der Waals surface area contributed by atoms with Crippen molar-refractivity contribution in [3.63, 3.8) is 0 Å². The molecule has 2 aromatic rings. The highest BCUT2D eigenvalue weighted by Crippen LogP contribution is 2.29. The van der Waals surface area contributed by atoms with Crippen molar-refractivity contribution in [2.45, 2.75) is 6.54 Å². The van der Waals surface area contributed by atoms with Crippen LogP contribution in [0.1, 0.15) is 5.56 Å². The summed E-state index contributed by atoms with van der Waals surface area (Å²) in [6.07, 6.45) is 0. The highest BCUT2D eigenvalue weighted by molar-refractivity contribution is 6.30. The molecule has 2 N–H and O–H groups in total. The van der Waals surface area contributed by atoms with Crippen LogP contribution in [-0.2, 0) is 6.54 Å². The number of hydrogen-bond acceptors (Lipinski definition) is 3. The molecule has 0 radical (unpaired) electrons. The number of rotatable bonds is 4. The smallest absolute Gasteiger partial charge is 0.135 e. The van der Waals surface area contributed by atoms with Crippen LogP contribution in [0.5, 0.6) is 17.2 Å². The lowest BCUT2D eigenvalue weighted by molar-refractivity contribution is 0.408. The van der Waals surface area contributed by atoms with E-state index in [0.29, 0.717) is 23.1 Å². The molecule has 2 rings (SSSR count). The van der Waals surface area contributed by atoms with Gasteiger partial charge in [0.15, 0.2) is 0 Å². The Kier molecular flexibility index (Phi) is 4.07. The summed E-state index contributed by atoms with van der Waals surface area (Å²) in [5, 5.41) is 0.673. The molecule has 0 unspecified atom stereocenters.